The zero-order chi connectivity index (χ0) is 12.4. The van der Waals surface area contributed by atoms with E-state index < -0.39 is 0 Å². The number of aromatic nitrogens is 2. The van der Waals surface area contributed by atoms with Crippen LogP contribution in [0.25, 0.3) is 10.8 Å². The molecule has 1 heterocycles. The monoisotopic (exact) mass is 237 g/mol. The second-order valence-corrected chi connectivity index (χ2v) is 3.86. The first-order valence-corrected chi connectivity index (χ1v) is 5.56. The Morgan fingerprint density at radius 1 is 0.889 bits per heavy atom. The van der Waals surface area contributed by atoms with Gasteiger partial charge in [-0.05, 0) is 22.9 Å². The third-order valence-corrected chi connectivity index (χ3v) is 2.63. The Morgan fingerprint density at radius 2 is 1.67 bits per heavy atom. The fourth-order valence-electron chi connectivity index (χ4n) is 1.76. The number of ether oxygens (including phenoxy) is 1. The van der Waals surface area contributed by atoms with Crippen molar-refractivity contribution in [3.05, 3.63) is 54.9 Å². The maximum Gasteiger partial charge on any atom is 0.262 e. The van der Waals surface area contributed by atoms with E-state index in [1.807, 2.05) is 36.4 Å². The number of rotatable bonds is 2. The predicted octanol–water partition coefficient (Wildman–Crippen LogP) is 3.00. The second-order valence-electron chi connectivity index (χ2n) is 3.86. The molecular formula is C14H11N3O. The molecule has 3 rings (SSSR count). The Balaban J connectivity index is 1.98. The number of benzene rings is 2. The van der Waals surface area contributed by atoms with Crippen LogP contribution in [0.5, 0.6) is 11.6 Å². The minimum atomic E-state index is 0.283. The van der Waals surface area contributed by atoms with Crippen LogP contribution in [0.15, 0.2) is 54.9 Å². The SMILES string of the molecule is Nc1nccnc1Oc1ccc2ccccc2c1. The van der Waals surface area contributed by atoms with Gasteiger partial charge in [0.05, 0.1) is 0 Å². The molecule has 4 heteroatoms. The highest BCUT2D eigenvalue weighted by Crippen LogP contribution is 2.26. The Hall–Kier alpha value is -2.62. The molecular weight excluding hydrogens is 226 g/mol. The predicted molar refractivity (Wildman–Crippen MR) is 70.5 cm³/mol. The van der Waals surface area contributed by atoms with Crippen LogP contribution in [0.4, 0.5) is 5.82 Å². The molecule has 0 aliphatic carbocycles. The van der Waals surface area contributed by atoms with E-state index in [1.165, 1.54) is 6.20 Å². The van der Waals surface area contributed by atoms with Crippen LogP contribution in [0.3, 0.4) is 0 Å². The Kier molecular flexibility index (Phi) is 2.53. The molecule has 0 atom stereocenters. The molecule has 1 aromatic heterocycles. The topological polar surface area (TPSA) is 61.0 Å². The van der Waals surface area contributed by atoms with Gasteiger partial charge in [0.1, 0.15) is 5.75 Å². The van der Waals surface area contributed by atoms with Gasteiger partial charge in [0.25, 0.3) is 5.88 Å². The molecule has 0 bridgehead atoms. The molecule has 88 valence electrons. The molecule has 0 fully saturated rings. The molecule has 3 aromatic rings. The third kappa shape index (κ3) is 1.96. The fourth-order valence-corrected chi connectivity index (χ4v) is 1.76. The lowest BCUT2D eigenvalue weighted by Crippen LogP contribution is -1.96. The summed E-state index contributed by atoms with van der Waals surface area (Å²) in [4.78, 5) is 7.97. The minimum absolute atomic E-state index is 0.283. The first-order valence-electron chi connectivity index (χ1n) is 5.56. The lowest BCUT2D eigenvalue weighted by Gasteiger charge is -2.06. The van der Waals surface area contributed by atoms with Gasteiger partial charge in [0.2, 0.25) is 0 Å². The zero-order valence-corrected chi connectivity index (χ0v) is 9.58. The van der Waals surface area contributed by atoms with Crippen molar-refractivity contribution in [2.24, 2.45) is 0 Å². The Labute approximate surface area is 104 Å². The summed E-state index contributed by atoms with van der Waals surface area (Å²) in [6.45, 7) is 0. The smallest absolute Gasteiger partial charge is 0.262 e. The van der Waals surface area contributed by atoms with Gasteiger partial charge >= 0.3 is 0 Å². The molecule has 0 spiro atoms. The first-order chi connectivity index (χ1) is 8.83. The Bertz CT molecular complexity index is 697. The minimum Gasteiger partial charge on any atom is -0.436 e. The Morgan fingerprint density at radius 3 is 2.50 bits per heavy atom. The van der Waals surface area contributed by atoms with Crippen LogP contribution in [0.1, 0.15) is 0 Å². The zero-order valence-electron chi connectivity index (χ0n) is 9.58. The summed E-state index contributed by atoms with van der Waals surface area (Å²) < 4.78 is 5.62. The van der Waals surface area contributed by atoms with Crippen molar-refractivity contribution in [2.45, 2.75) is 0 Å². The van der Waals surface area contributed by atoms with E-state index in [2.05, 4.69) is 16.0 Å². The van der Waals surface area contributed by atoms with Gasteiger partial charge in [0, 0.05) is 12.4 Å². The van der Waals surface area contributed by atoms with E-state index in [0.717, 1.165) is 10.8 Å². The van der Waals surface area contributed by atoms with Gasteiger partial charge in [-0.2, -0.15) is 0 Å². The van der Waals surface area contributed by atoms with Crippen LogP contribution in [0.2, 0.25) is 0 Å². The van der Waals surface area contributed by atoms with Crippen molar-refractivity contribution in [2.75, 3.05) is 5.73 Å². The lowest BCUT2D eigenvalue weighted by atomic mass is 10.1. The van der Waals surface area contributed by atoms with Crippen LogP contribution in [-0.2, 0) is 0 Å². The van der Waals surface area contributed by atoms with Crippen molar-refractivity contribution < 1.29 is 4.74 Å². The highest BCUT2D eigenvalue weighted by Gasteiger charge is 2.04. The number of hydrogen-bond donors (Lipinski definition) is 1. The van der Waals surface area contributed by atoms with E-state index >= 15 is 0 Å². The summed E-state index contributed by atoms with van der Waals surface area (Å²) in [6, 6.07) is 13.9. The van der Waals surface area contributed by atoms with Crippen LogP contribution in [0, 0.1) is 0 Å². The maximum absolute atomic E-state index is 5.68. The van der Waals surface area contributed by atoms with Crippen LogP contribution in [-0.4, -0.2) is 9.97 Å². The molecule has 0 saturated carbocycles. The molecule has 2 aromatic carbocycles. The number of hydrogen-bond acceptors (Lipinski definition) is 4. The molecule has 2 N–H and O–H groups in total. The van der Waals surface area contributed by atoms with Gasteiger partial charge in [-0.1, -0.05) is 30.3 Å². The van der Waals surface area contributed by atoms with Crippen LogP contribution >= 0.6 is 0 Å². The standard InChI is InChI=1S/C14H11N3O/c15-13-14(17-8-7-16-13)18-12-6-5-10-3-1-2-4-11(10)9-12/h1-9H,(H2,15,16). The highest BCUT2D eigenvalue weighted by atomic mass is 16.5. The molecule has 0 saturated heterocycles. The molecule has 0 aliphatic heterocycles. The van der Waals surface area contributed by atoms with Gasteiger partial charge in [-0.25, -0.2) is 9.97 Å². The van der Waals surface area contributed by atoms with Gasteiger partial charge in [-0.15, -0.1) is 0 Å². The molecule has 0 radical (unpaired) electrons. The first kappa shape index (κ1) is 10.5. The number of nitrogens with zero attached hydrogens (tertiary/aromatic N) is 2. The number of anilines is 1. The average molecular weight is 237 g/mol. The fraction of sp³-hybridized carbons (Fsp3) is 0. The van der Waals surface area contributed by atoms with Gasteiger partial charge in [0.15, 0.2) is 5.82 Å². The van der Waals surface area contributed by atoms with Crippen molar-refractivity contribution in [3.63, 3.8) is 0 Å². The van der Waals surface area contributed by atoms with Crippen molar-refractivity contribution >= 4 is 16.6 Å². The molecule has 0 amide bonds. The summed E-state index contributed by atoms with van der Waals surface area (Å²) in [5.74, 6) is 1.30. The normalized spacial score (nSPS) is 10.4. The number of fused-ring (bicyclic) bond motifs is 1. The van der Waals surface area contributed by atoms with Crippen molar-refractivity contribution in [1.29, 1.82) is 0 Å². The van der Waals surface area contributed by atoms with E-state index in [4.69, 9.17) is 10.5 Å². The summed E-state index contributed by atoms with van der Waals surface area (Å²) in [6.07, 6.45) is 3.08. The summed E-state index contributed by atoms with van der Waals surface area (Å²) in [5, 5.41) is 2.27. The molecule has 4 nitrogen and oxygen atoms in total. The molecule has 0 unspecified atom stereocenters. The van der Waals surface area contributed by atoms with Crippen LogP contribution < -0.4 is 10.5 Å². The van der Waals surface area contributed by atoms with Gasteiger partial charge < -0.3 is 10.5 Å². The summed E-state index contributed by atoms with van der Waals surface area (Å²) >= 11 is 0. The average Bonchev–Trinajstić information content (AvgIpc) is 2.41. The van der Waals surface area contributed by atoms with Crippen molar-refractivity contribution in [3.8, 4) is 11.6 Å². The molecule has 0 aliphatic rings. The number of nitrogen functional groups attached to an aromatic ring is 1. The van der Waals surface area contributed by atoms with E-state index in [1.54, 1.807) is 6.20 Å². The quantitative estimate of drug-likeness (QED) is 0.744. The largest absolute Gasteiger partial charge is 0.436 e. The second kappa shape index (κ2) is 4.33. The maximum atomic E-state index is 5.68. The number of nitrogens with two attached hydrogens (primary N) is 1. The van der Waals surface area contributed by atoms with E-state index in [0.29, 0.717) is 11.6 Å². The van der Waals surface area contributed by atoms with E-state index in [9.17, 15) is 0 Å². The highest BCUT2D eigenvalue weighted by molar-refractivity contribution is 5.83. The van der Waals surface area contributed by atoms with Crippen molar-refractivity contribution in [1.82, 2.24) is 9.97 Å². The van der Waals surface area contributed by atoms with E-state index in [-0.39, 0.29) is 5.82 Å². The van der Waals surface area contributed by atoms with Gasteiger partial charge in [-0.3, -0.25) is 0 Å². The summed E-state index contributed by atoms with van der Waals surface area (Å²) in [5.41, 5.74) is 5.68. The molecule has 18 heavy (non-hydrogen) atoms. The lowest BCUT2D eigenvalue weighted by molar-refractivity contribution is 0.464. The third-order valence-electron chi connectivity index (χ3n) is 2.63. The summed E-state index contributed by atoms with van der Waals surface area (Å²) in [7, 11) is 0.